The van der Waals surface area contributed by atoms with Crippen LogP contribution in [0.25, 0.3) is 0 Å². The molecule has 0 aliphatic heterocycles. The second-order valence-electron chi connectivity index (χ2n) is 7.32. The highest BCUT2D eigenvalue weighted by atomic mass is 32.2. The largest absolute Gasteiger partial charge is 0.460 e. The van der Waals surface area contributed by atoms with Crippen molar-refractivity contribution >= 4 is 16.0 Å². The van der Waals surface area contributed by atoms with Gasteiger partial charge in [0.25, 0.3) is 0 Å². The molecule has 0 radical (unpaired) electrons. The van der Waals surface area contributed by atoms with Crippen LogP contribution in [0.3, 0.4) is 0 Å². The molecular weight excluding hydrogens is 378 g/mol. The minimum atomic E-state index is -3.80. The van der Waals surface area contributed by atoms with Crippen LogP contribution in [0.15, 0.2) is 53.4 Å². The molecule has 0 amide bonds. The van der Waals surface area contributed by atoms with Gasteiger partial charge in [-0.25, -0.2) is 8.42 Å². The molecule has 0 bridgehead atoms. The van der Waals surface area contributed by atoms with Crippen LogP contribution in [0, 0.1) is 12.8 Å². The first-order valence-electron chi connectivity index (χ1n) is 9.24. The van der Waals surface area contributed by atoms with Crippen molar-refractivity contribution in [2.24, 2.45) is 5.92 Å². The second kappa shape index (κ2) is 8.03. The van der Waals surface area contributed by atoms with Gasteiger partial charge in [-0.2, -0.15) is 4.72 Å². The molecule has 150 valence electrons. The molecule has 0 saturated carbocycles. The average Bonchev–Trinajstić information content (AvgIpc) is 2.98. The van der Waals surface area contributed by atoms with Crippen LogP contribution in [0.1, 0.15) is 36.6 Å². The predicted octanol–water partition coefficient (Wildman–Crippen LogP) is 2.50. The summed E-state index contributed by atoms with van der Waals surface area (Å²) in [5.41, 5.74) is 2.69. The zero-order valence-corrected chi connectivity index (χ0v) is 16.9. The third-order valence-electron chi connectivity index (χ3n) is 5.16. The number of fused-ring (bicyclic) bond motifs is 1. The van der Waals surface area contributed by atoms with E-state index in [0.717, 1.165) is 16.7 Å². The van der Waals surface area contributed by atoms with E-state index in [4.69, 9.17) is 4.74 Å². The molecule has 28 heavy (non-hydrogen) atoms. The normalized spacial score (nSPS) is 21.0. The maximum absolute atomic E-state index is 12.9. The van der Waals surface area contributed by atoms with E-state index >= 15 is 0 Å². The Morgan fingerprint density at radius 2 is 1.79 bits per heavy atom. The van der Waals surface area contributed by atoms with Gasteiger partial charge in [0.15, 0.2) is 0 Å². The van der Waals surface area contributed by atoms with E-state index in [1.165, 1.54) is 6.92 Å². The molecule has 0 saturated heterocycles. The minimum absolute atomic E-state index is 0.157. The summed E-state index contributed by atoms with van der Waals surface area (Å²) in [6.07, 6.45) is -1.11. The van der Waals surface area contributed by atoms with E-state index in [9.17, 15) is 18.3 Å². The van der Waals surface area contributed by atoms with Crippen molar-refractivity contribution < 1.29 is 23.1 Å². The minimum Gasteiger partial charge on any atom is -0.460 e. The van der Waals surface area contributed by atoms with E-state index in [1.54, 1.807) is 31.2 Å². The Labute approximate surface area is 165 Å². The molecule has 3 unspecified atom stereocenters. The molecule has 1 aliphatic rings. The van der Waals surface area contributed by atoms with Crippen LogP contribution in [0.2, 0.25) is 0 Å². The Bertz CT molecular complexity index is 953. The highest BCUT2D eigenvalue weighted by Gasteiger charge is 2.39. The van der Waals surface area contributed by atoms with Crippen molar-refractivity contribution in [2.75, 3.05) is 0 Å². The van der Waals surface area contributed by atoms with Crippen molar-refractivity contribution in [3.8, 4) is 0 Å². The Kier molecular flexibility index (Phi) is 5.88. The third-order valence-corrected chi connectivity index (χ3v) is 6.62. The molecule has 3 rings (SSSR count). The van der Waals surface area contributed by atoms with Gasteiger partial charge in [-0.3, -0.25) is 4.79 Å². The van der Waals surface area contributed by atoms with E-state index in [-0.39, 0.29) is 4.90 Å². The van der Waals surface area contributed by atoms with Gasteiger partial charge < -0.3 is 9.84 Å². The van der Waals surface area contributed by atoms with Crippen LogP contribution in [0.4, 0.5) is 0 Å². The van der Waals surface area contributed by atoms with E-state index < -0.39 is 40.2 Å². The molecule has 1 aliphatic carbocycles. The number of aliphatic hydroxyl groups is 1. The molecular formula is C21H25NO5S. The lowest BCUT2D eigenvalue weighted by Gasteiger charge is -2.24. The number of esters is 1. The first kappa shape index (κ1) is 20.5. The van der Waals surface area contributed by atoms with Crippen molar-refractivity contribution in [1.82, 2.24) is 4.72 Å². The lowest BCUT2D eigenvalue weighted by atomic mass is 10.1. The number of aliphatic hydroxyl groups excluding tert-OH is 1. The number of ether oxygens (including phenoxy) is 1. The summed E-state index contributed by atoms with van der Waals surface area (Å²) in [4.78, 5) is 12.5. The number of carbonyl (C=O) groups excluding carboxylic acids is 1. The molecule has 2 aromatic rings. The number of nitrogens with one attached hydrogen (secondary N) is 1. The molecule has 0 heterocycles. The summed E-state index contributed by atoms with van der Waals surface area (Å²) in [6.45, 7) is 4.99. The topological polar surface area (TPSA) is 92.7 Å². The highest BCUT2D eigenvalue weighted by Crippen LogP contribution is 2.35. The zero-order chi connectivity index (χ0) is 20.5. The average molecular weight is 404 g/mol. The van der Waals surface area contributed by atoms with Crippen LogP contribution >= 0.6 is 0 Å². The number of carbonyl (C=O) groups is 1. The molecule has 0 aromatic heterocycles. The summed E-state index contributed by atoms with van der Waals surface area (Å²) >= 11 is 0. The molecule has 2 N–H and O–H groups in total. The predicted molar refractivity (Wildman–Crippen MR) is 105 cm³/mol. The third kappa shape index (κ3) is 4.27. The van der Waals surface area contributed by atoms with Crippen LogP contribution in [-0.4, -0.2) is 31.7 Å². The Morgan fingerprint density at radius 3 is 2.43 bits per heavy atom. The molecule has 6 nitrogen and oxygen atoms in total. The number of hydrogen-bond donors (Lipinski definition) is 2. The second-order valence-corrected chi connectivity index (χ2v) is 9.03. The van der Waals surface area contributed by atoms with Crippen molar-refractivity contribution in [2.45, 2.75) is 50.3 Å². The number of hydrogen-bond acceptors (Lipinski definition) is 5. The summed E-state index contributed by atoms with van der Waals surface area (Å²) < 4.78 is 34.1. The lowest BCUT2D eigenvalue weighted by molar-refractivity contribution is -0.157. The van der Waals surface area contributed by atoms with Gasteiger partial charge >= 0.3 is 5.97 Å². The summed E-state index contributed by atoms with van der Waals surface area (Å²) in [7, 11) is -3.80. The van der Waals surface area contributed by atoms with Gasteiger partial charge in [0.1, 0.15) is 6.10 Å². The molecule has 0 fully saturated rings. The maximum atomic E-state index is 12.9. The first-order chi connectivity index (χ1) is 13.2. The summed E-state index contributed by atoms with van der Waals surface area (Å²) in [6, 6.07) is 13.3. The summed E-state index contributed by atoms with van der Waals surface area (Å²) in [5.74, 6) is -1.24. The van der Waals surface area contributed by atoms with Crippen molar-refractivity contribution in [3.63, 3.8) is 0 Å². The Balaban J connectivity index is 1.88. The van der Waals surface area contributed by atoms with Crippen molar-refractivity contribution in [3.05, 3.63) is 65.2 Å². The number of sulfonamides is 1. The van der Waals surface area contributed by atoms with Gasteiger partial charge in [0.05, 0.1) is 23.0 Å². The van der Waals surface area contributed by atoms with Crippen LogP contribution in [-0.2, 0) is 26.0 Å². The van der Waals surface area contributed by atoms with Gasteiger partial charge in [-0.1, -0.05) is 42.0 Å². The Morgan fingerprint density at radius 1 is 1.14 bits per heavy atom. The summed E-state index contributed by atoms with van der Waals surface area (Å²) in [5, 5.41) is 9.65. The van der Waals surface area contributed by atoms with Gasteiger partial charge in [-0.05, 0) is 44.0 Å². The zero-order valence-electron chi connectivity index (χ0n) is 16.1. The van der Waals surface area contributed by atoms with Crippen LogP contribution < -0.4 is 4.72 Å². The fourth-order valence-corrected chi connectivity index (χ4v) is 4.46. The highest BCUT2D eigenvalue weighted by molar-refractivity contribution is 7.89. The van der Waals surface area contributed by atoms with Gasteiger partial charge in [-0.15, -0.1) is 0 Å². The first-order valence-corrected chi connectivity index (χ1v) is 10.7. The van der Waals surface area contributed by atoms with Crippen LogP contribution in [0.5, 0.6) is 0 Å². The monoisotopic (exact) mass is 403 g/mol. The van der Waals surface area contributed by atoms with Gasteiger partial charge in [0, 0.05) is 6.42 Å². The number of aryl methyl sites for hydroxylation is 1. The molecule has 4 atom stereocenters. The van der Waals surface area contributed by atoms with Gasteiger partial charge in [0.2, 0.25) is 10.0 Å². The van der Waals surface area contributed by atoms with E-state index in [2.05, 4.69) is 4.72 Å². The molecule has 2 aromatic carbocycles. The lowest BCUT2D eigenvalue weighted by Crippen LogP contribution is -2.38. The fraction of sp³-hybridized carbons (Fsp3) is 0.381. The number of benzene rings is 2. The smallest absolute Gasteiger partial charge is 0.311 e. The number of rotatable bonds is 6. The molecule has 7 heteroatoms. The van der Waals surface area contributed by atoms with Crippen molar-refractivity contribution in [1.29, 1.82) is 0 Å². The van der Waals surface area contributed by atoms with E-state index in [1.807, 2.05) is 31.2 Å². The fourth-order valence-electron chi connectivity index (χ4n) is 3.21. The quantitative estimate of drug-likeness (QED) is 0.723. The maximum Gasteiger partial charge on any atom is 0.311 e. The molecule has 0 spiro atoms. The van der Waals surface area contributed by atoms with E-state index in [0.29, 0.717) is 6.42 Å². The SMILES string of the molecule is Cc1ccc(S(=O)(=O)NC2c3ccccc3CC2OC(=O)[C@H](C)C(C)O)cc1. The Hall–Kier alpha value is -2.22. The standard InChI is InChI=1S/C21H25NO5S/c1-13-8-10-17(11-9-13)28(25,26)22-20-18-7-5-4-6-16(18)12-19(20)27-21(24)14(2)15(3)23/h4-11,14-15,19-20,22-23H,12H2,1-3H3/t14-,15?,19?,20?/m1/s1.